The largest absolute Gasteiger partial charge is 0.488 e. The highest BCUT2D eigenvalue weighted by Crippen LogP contribution is 2.32. The van der Waals surface area contributed by atoms with Gasteiger partial charge in [0.2, 0.25) is 5.91 Å². The third-order valence-electron chi connectivity index (χ3n) is 3.47. The normalized spacial score (nSPS) is 15.0. The Morgan fingerprint density at radius 2 is 1.89 bits per heavy atom. The van der Waals surface area contributed by atoms with Crippen molar-refractivity contribution in [2.24, 2.45) is 4.99 Å². The number of benzene rings is 2. The lowest BCUT2D eigenvalue weighted by Gasteiger charge is -2.10. The van der Waals surface area contributed by atoms with Crippen LogP contribution < -0.4 is 10.1 Å². The van der Waals surface area contributed by atoms with E-state index in [2.05, 4.69) is 10.3 Å². The van der Waals surface area contributed by atoms with Crippen LogP contribution in [0, 0.1) is 0 Å². The molecule has 0 radical (unpaired) electrons. The number of carbonyl (C=O) groups is 2. The zero-order valence-electron chi connectivity index (χ0n) is 14.2. The number of aliphatic imine (C=N–C) groups is 1. The highest BCUT2D eigenvalue weighted by molar-refractivity contribution is 8.18. The van der Waals surface area contributed by atoms with Crippen LogP contribution in [0.3, 0.4) is 0 Å². The smallest absolute Gasteiger partial charge is 0.286 e. The first-order chi connectivity index (χ1) is 12.9. The quantitative estimate of drug-likeness (QED) is 0.729. The molecule has 1 heterocycles. The summed E-state index contributed by atoms with van der Waals surface area (Å²) in [5.74, 6) is -0.138. The maximum atomic E-state index is 12.1. The summed E-state index contributed by atoms with van der Waals surface area (Å²) in [6, 6.07) is 12.5. The second kappa shape index (κ2) is 8.61. The summed E-state index contributed by atoms with van der Waals surface area (Å²) in [4.78, 5) is 27.4. The van der Waals surface area contributed by atoms with E-state index < -0.39 is 5.91 Å². The molecule has 2 aromatic carbocycles. The van der Waals surface area contributed by atoms with Crippen molar-refractivity contribution < 1.29 is 14.3 Å². The fourth-order valence-corrected chi connectivity index (χ4v) is 3.42. The van der Waals surface area contributed by atoms with Crippen molar-refractivity contribution in [2.75, 3.05) is 0 Å². The number of amidine groups is 1. The number of nitrogens with one attached hydrogen (secondary N) is 1. The number of ether oxygens (including phenoxy) is 1. The van der Waals surface area contributed by atoms with Gasteiger partial charge in [-0.05, 0) is 53.7 Å². The molecule has 5 nitrogen and oxygen atoms in total. The van der Waals surface area contributed by atoms with Gasteiger partial charge in [-0.1, -0.05) is 35.3 Å². The van der Waals surface area contributed by atoms with Crippen molar-refractivity contribution in [3.8, 4) is 5.75 Å². The SMILES string of the molecule is CC(=O)NC1=NC(=O)/C(=C/c2cc(Cl)ccc2OCc2ccc(Cl)cc2)S1. The van der Waals surface area contributed by atoms with Crippen LogP contribution in [0.4, 0.5) is 0 Å². The van der Waals surface area contributed by atoms with Crippen molar-refractivity contribution >= 4 is 58.0 Å². The Balaban J connectivity index is 1.79. The van der Waals surface area contributed by atoms with Gasteiger partial charge in [0.15, 0.2) is 5.17 Å². The lowest BCUT2D eigenvalue weighted by Crippen LogP contribution is -2.23. The lowest BCUT2D eigenvalue weighted by molar-refractivity contribution is -0.117. The molecule has 0 aliphatic carbocycles. The summed E-state index contributed by atoms with van der Waals surface area (Å²) in [7, 11) is 0. The molecule has 0 spiro atoms. The van der Waals surface area contributed by atoms with Crippen LogP contribution in [-0.2, 0) is 16.2 Å². The summed E-state index contributed by atoms with van der Waals surface area (Å²) >= 11 is 13.1. The van der Waals surface area contributed by atoms with Crippen molar-refractivity contribution in [1.29, 1.82) is 0 Å². The summed E-state index contributed by atoms with van der Waals surface area (Å²) in [5, 5.41) is 3.93. The van der Waals surface area contributed by atoms with Crippen molar-refractivity contribution in [3.05, 3.63) is 68.5 Å². The van der Waals surface area contributed by atoms with E-state index in [1.54, 1.807) is 36.4 Å². The Morgan fingerprint density at radius 1 is 1.19 bits per heavy atom. The molecule has 2 amide bonds. The predicted octanol–water partition coefficient (Wildman–Crippen LogP) is 4.68. The molecule has 0 atom stereocenters. The summed E-state index contributed by atoms with van der Waals surface area (Å²) < 4.78 is 5.88. The van der Waals surface area contributed by atoms with Gasteiger partial charge in [-0.25, -0.2) is 0 Å². The molecule has 1 N–H and O–H groups in total. The molecule has 0 saturated carbocycles. The molecule has 8 heteroatoms. The van der Waals surface area contributed by atoms with E-state index in [1.165, 1.54) is 6.92 Å². The van der Waals surface area contributed by atoms with Gasteiger partial charge in [0.05, 0.1) is 4.91 Å². The number of carbonyl (C=O) groups excluding carboxylic acids is 2. The highest BCUT2D eigenvalue weighted by atomic mass is 35.5. The van der Waals surface area contributed by atoms with E-state index in [-0.39, 0.29) is 11.1 Å². The van der Waals surface area contributed by atoms with Crippen LogP contribution in [0.25, 0.3) is 6.08 Å². The lowest BCUT2D eigenvalue weighted by atomic mass is 10.1. The second-order valence-corrected chi connectivity index (χ2v) is 7.51. The number of hydrogen-bond donors (Lipinski definition) is 1. The Morgan fingerprint density at radius 3 is 2.59 bits per heavy atom. The van der Waals surface area contributed by atoms with Crippen LogP contribution in [0.5, 0.6) is 5.75 Å². The maximum absolute atomic E-state index is 12.1. The standard InChI is InChI=1S/C19H14Cl2N2O3S/c1-11(24)22-19-23-18(25)17(27-19)9-13-8-15(21)6-7-16(13)26-10-12-2-4-14(20)5-3-12/h2-9H,10H2,1H3,(H,22,23,24,25)/b17-9-. The molecular formula is C19H14Cl2N2O3S. The second-order valence-electron chi connectivity index (χ2n) is 5.61. The molecule has 138 valence electrons. The van der Waals surface area contributed by atoms with Crippen LogP contribution in [0.15, 0.2) is 52.4 Å². The number of amides is 2. The minimum atomic E-state index is -0.424. The van der Waals surface area contributed by atoms with E-state index in [4.69, 9.17) is 27.9 Å². The number of halogens is 2. The average molecular weight is 421 g/mol. The van der Waals surface area contributed by atoms with Crippen LogP contribution in [0.1, 0.15) is 18.1 Å². The van der Waals surface area contributed by atoms with Gasteiger partial charge in [-0.2, -0.15) is 4.99 Å². The Bertz CT molecular complexity index is 956. The number of hydrogen-bond acceptors (Lipinski definition) is 4. The van der Waals surface area contributed by atoms with Gasteiger partial charge >= 0.3 is 0 Å². The molecule has 1 aliphatic heterocycles. The number of thioether (sulfide) groups is 1. The van der Waals surface area contributed by atoms with Crippen molar-refractivity contribution in [2.45, 2.75) is 13.5 Å². The summed E-state index contributed by atoms with van der Waals surface area (Å²) in [6.07, 6.45) is 1.65. The molecule has 2 aromatic rings. The third-order valence-corrected chi connectivity index (χ3v) is 4.86. The fourth-order valence-electron chi connectivity index (χ4n) is 2.26. The zero-order chi connectivity index (χ0) is 19.4. The van der Waals surface area contributed by atoms with Crippen LogP contribution in [0.2, 0.25) is 10.0 Å². The molecule has 0 fully saturated rings. The minimum Gasteiger partial charge on any atom is -0.488 e. The highest BCUT2D eigenvalue weighted by Gasteiger charge is 2.23. The van der Waals surface area contributed by atoms with Gasteiger partial charge in [-0.3, -0.25) is 9.59 Å². The molecule has 1 aliphatic rings. The summed E-state index contributed by atoms with van der Waals surface area (Å²) in [5.41, 5.74) is 1.60. The van der Waals surface area contributed by atoms with Crippen LogP contribution in [-0.4, -0.2) is 17.0 Å². The third kappa shape index (κ3) is 5.35. The van der Waals surface area contributed by atoms with Crippen LogP contribution >= 0.6 is 35.0 Å². The van der Waals surface area contributed by atoms with Gasteiger partial charge < -0.3 is 10.1 Å². The first kappa shape index (κ1) is 19.5. The fraction of sp³-hybridized carbons (Fsp3) is 0.105. The zero-order valence-corrected chi connectivity index (χ0v) is 16.5. The minimum absolute atomic E-state index is 0.254. The van der Waals surface area contributed by atoms with Gasteiger partial charge in [0.25, 0.3) is 5.91 Å². The Labute approximate surface area is 170 Å². The number of nitrogens with zero attached hydrogens (tertiary/aromatic N) is 1. The van der Waals surface area contributed by atoms with E-state index in [0.29, 0.717) is 32.9 Å². The molecule has 0 saturated heterocycles. The van der Waals surface area contributed by atoms with Crippen molar-refractivity contribution in [3.63, 3.8) is 0 Å². The van der Waals surface area contributed by atoms with Gasteiger partial charge in [0.1, 0.15) is 12.4 Å². The first-order valence-electron chi connectivity index (χ1n) is 7.87. The van der Waals surface area contributed by atoms with E-state index >= 15 is 0 Å². The first-order valence-corrected chi connectivity index (χ1v) is 9.45. The predicted molar refractivity (Wildman–Crippen MR) is 109 cm³/mol. The molecule has 0 unspecified atom stereocenters. The Kier molecular flexibility index (Phi) is 6.21. The van der Waals surface area contributed by atoms with E-state index in [1.807, 2.05) is 12.1 Å². The molecule has 27 heavy (non-hydrogen) atoms. The van der Waals surface area contributed by atoms with Crippen molar-refractivity contribution in [1.82, 2.24) is 5.32 Å². The molecule has 3 rings (SSSR count). The maximum Gasteiger partial charge on any atom is 0.286 e. The number of rotatable bonds is 4. The van der Waals surface area contributed by atoms with Gasteiger partial charge in [0, 0.05) is 22.5 Å². The molecular weight excluding hydrogens is 407 g/mol. The van der Waals surface area contributed by atoms with E-state index in [9.17, 15) is 9.59 Å². The molecule has 0 bridgehead atoms. The Hall–Kier alpha value is -2.28. The molecule has 0 aromatic heterocycles. The van der Waals surface area contributed by atoms with E-state index in [0.717, 1.165) is 17.3 Å². The van der Waals surface area contributed by atoms with Gasteiger partial charge in [-0.15, -0.1) is 0 Å². The average Bonchev–Trinajstić information content (AvgIpc) is 2.94. The summed E-state index contributed by atoms with van der Waals surface area (Å²) in [6.45, 7) is 1.69. The topological polar surface area (TPSA) is 67.8 Å². The monoisotopic (exact) mass is 420 g/mol.